The smallest absolute Gasteiger partial charge is 0.316 e. The molecule has 0 saturated carbocycles. The van der Waals surface area contributed by atoms with Crippen molar-refractivity contribution in [2.45, 2.75) is 31.2 Å². The number of carbonyl (C=O) groups excluding carboxylic acids is 1. The first-order valence-electron chi connectivity index (χ1n) is 5.01. The summed E-state index contributed by atoms with van der Waals surface area (Å²) < 4.78 is 5.78. The first-order chi connectivity index (χ1) is 7.61. The van der Waals surface area contributed by atoms with E-state index in [2.05, 4.69) is 15.5 Å². The zero-order valence-electron chi connectivity index (χ0n) is 9.52. The predicted octanol–water partition coefficient (Wildman–Crippen LogP) is 2.01. The van der Waals surface area contributed by atoms with Gasteiger partial charge in [0.1, 0.15) is 0 Å². The molecule has 16 heavy (non-hydrogen) atoms. The van der Waals surface area contributed by atoms with Crippen LogP contribution in [-0.4, -0.2) is 34.6 Å². The number of carbonyl (C=O) groups is 1. The third-order valence-electron chi connectivity index (χ3n) is 1.42. The average Bonchev–Trinajstić information content (AvgIpc) is 2.62. The van der Waals surface area contributed by atoms with E-state index in [9.17, 15) is 4.79 Å². The Labute approximate surface area is 103 Å². The highest BCUT2D eigenvalue weighted by Gasteiger charge is 2.09. The van der Waals surface area contributed by atoms with Crippen molar-refractivity contribution in [3.63, 3.8) is 0 Å². The van der Waals surface area contributed by atoms with Crippen molar-refractivity contribution in [2.24, 2.45) is 0 Å². The van der Waals surface area contributed by atoms with Gasteiger partial charge >= 0.3 is 5.97 Å². The molecule has 0 fully saturated rings. The molecule has 1 heterocycles. The Morgan fingerprint density at radius 1 is 1.56 bits per heavy atom. The molecule has 0 atom stereocenters. The van der Waals surface area contributed by atoms with E-state index in [0.29, 0.717) is 0 Å². The van der Waals surface area contributed by atoms with Gasteiger partial charge in [0.2, 0.25) is 5.13 Å². The SMILES string of the molecule is CCNc1nnc(SCC(=O)OC(C)C)s1. The quantitative estimate of drug-likeness (QED) is 0.624. The Bertz CT molecular complexity index is 341. The molecule has 0 aromatic carbocycles. The maximum Gasteiger partial charge on any atom is 0.316 e. The van der Waals surface area contributed by atoms with E-state index in [0.717, 1.165) is 16.0 Å². The van der Waals surface area contributed by atoms with Crippen molar-refractivity contribution >= 4 is 34.2 Å². The van der Waals surface area contributed by atoms with Crippen LogP contribution in [0.5, 0.6) is 0 Å². The zero-order chi connectivity index (χ0) is 12.0. The lowest BCUT2D eigenvalue weighted by atomic mass is 10.5. The number of nitrogens with zero attached hydrogens (tertiary/aromatic N) is 2. The molecule has 0 unspecified atom stereocenters. The highest BCUT2D eigenvalue weighted by Crippen LogP contribution is 2.25. The molecule has 0 aliphatic heterocycles. The van der Waals surface area contributed by atoms with Crippen LogP contribution in [0.2, 0.25) is 0 Å². The van der Waals surface area contributed by atoms with Gasteiger partial charge in [0.25, 0.3) is 0 Å². The van der Waals surface area contributed by atoms with Crippen molar-refractivity contribution in [3.8, 4) is 0 Å². The minimum atomic E-state index is -0.222. The number of nitrogens with one attached hydrogen (secondary N) is 1. The van der Waals surface area contributed by atoms with E-state index in [4.69, 9.17) is 4.74 Å². The summed E-state index contributed by atoms with van der Waals surface area (Å²) in [6.45, 7) is 6.47. The minimum absolute atomic E-state index is 0.0696. The second-order valence-corrected chi connectivity index (χ2v) is 5.43. The molecule has 0 aliphatic rings. The summed E-state index contributed by atoms with van der Waals surface area (Å²) in [7, 11) is 0. The van der Waals surface area contributed by atoms with E-state index < -0.39 is 0 Å². The molecule has 7 heteroatoms. The maximum absolute atomic E-state index is 11.3. The average molecular weight is 261 g/mol. The van der Waals surface area contributed by atoms with Gasteiger partial charge in [0, 0.05) is 6.54 Å². The number of hydrogen-bond acceptors (Lipinski definition) is 7. The second kappa shape index (κ2) is 6.70. The van der Waals surface area contributed by atoms with Gasteiger partial charge in [-0.3, -0.25) is 4.79 Å². The molecular formula is C9H15N3O2S2. The van der Waals surface area contributed by atoms with Gasteiger partial charge < -0.3 is 10.1 Å². The van der Waals surface area contributed by atoms with Gasteiger partial charge in [0.15, 0.2) is 4.34 Å². The summed E-state index contributed by atoms with van der Waals surface area (Å²) in [4.78, 5) is 11.3. The normalized spacial score (nSPS) is 10.5. The van der Waals surface area contributed by atoms with E-state index >= 15 is 0 Å². The third kappa shape index (κ3) is 4.80. The molecule has 1 aromatic heterocycles. The molecule has 0 aliphatic carbocycles. The van der Waals surface area contributed by atoms with Crippen molar-refractivity contribution < 1.29 is 9.53 Å². The van der Waals surface area contributed by atoms with Crippen molar-refractivity contribution in [1.82, 2.24) is 10.2 Å². The van der Waals surface area contributed by atoms with Gasteiger partial charge in [-0.05, 0) is 20.8 Å². The first kappa shape index (κ1) is 13.2. The molecular weight excluding hydrogens is 246 g/mol. The third-order valence-corrected chi connectivity index (χ3v) is 3.40. The van der Waals surface area contributed by atoms with Crippen LogP contribution in [0, 0.1) is 0 Å². The number of esters is 1. The zero-order valence-corrected chi connectivity index (χ0v) is 11.2. The monoisotopic (exact) mass is 261 g/mol. The van der Waals surface area contributed by atoms with Crippen LogP contribution in [0.1, 0.15) is 20.8 Å². The Kier molecular flexibility index (Phi) is 5.54. The van der Waals surface area contributed by atoms with Crippen LogP contribution < -0.4 is 5.32 Å². The van der Waals surface area contributed by atoms with Crippen LogP contribution in [0.3, 0.4) is 0 Å². The summed E-state index contributed by atoms with van der Waals surface area (Å²) in [5, 5.41) is 11.7. The minimum Gasteiger partial charge on any atom is -0.462 e. The maximum atomic E-state index is 11.3. The van der Waals surface area contributed by atoms with Gasteiger partial charge in [-0.1, -0.05) is 23.1 Å². The van der Waals surface area contributed by atoms with Crippen LogP contribution >= 0.6 is 23.1 Å². The Balaban J connectivity index is 2.33. The van der Waals surface area contributed by atoms with Crippen LogP contribution in [-0.2, 0) is 9.53 Å². The topological polar surface area (TPSA) is 64.1 Å². The molecule has 0 amide bonds. The highest BCUT2D eigenvalue weighted by atomic mass is 32.2. The lowest BCUT2D eigenvalue weighted by Gasteiger charge is -2.05. The molecule has 5 nitrogen and oxygen atoms in total. The molecule has 0 bridgehead atoms. The fourth-order valence-corrected chi connectivity index (χ4v) is 2.51. The summed E-state index contributed by atoms with van der Waals surface area (Å²) in [5.74, 6) is 0.0547. The molecule has 0 saturated heterocycles. The molecule has 1 N–H and O–H groups in total. The van der Waals surface area contributed by atoms with Gasteiger partial charge in [-0.25, -0.2) is 0 Å². The van der Waals surface area contributed by atoms with E-state index in [1.165, 1.54) is 23.1 Å². The Hall–Kier alpha value is -0.820. The highest BCUT2D eigenvalue weighted by molar-refractivity contribution is 8.01. The number of anilines is 1. The summed E-state index contributed by atoms with van der Waals surface area (Å²) in [6, 6.07) is 0. The van der Waals surface area contributed by atoms with Crippen molar-refractivity contribution in [1.29, 1.82) is 0 Å². The number of ether oxygens (including phenoxy) is 1. The Morgan fingerprint density at radius 2 is 2.31 bits per heavy atom. The molecule has 90 valence electrons. The standard InChI is InChI=1S/C9H15N3O2S2/c1-4-10-8-11-12-9(16-8)15-5-7(13)14-6(2)3/h6H,4-5H2,1-3H3,(H,10,11). The lowest BCUT2D eigenvalue weighted by Crippen LogP contribution is -2.13. The number of rotatable bonds is 6. The number of thioether (sulfide) groups is 1. The van der Waals surface area contributed by atoms with E-state index in [1.807, 2.05) is 20.8 Å². The van der Waals surface area contributed by atoms with Gasteiger partial charge in [-0.2, -0.15) is 0 Å². The second-order valence-electron chi connectivity index (χ2n) is 3.23. The molecule has 1 aromatic rings. The van der Waals surface area contributed by atoms with Gasteiger partial charge in [0.05, 0.1) is 11.9 Å². The van der Waals surface area contributed by atoms with Crippen molar-refractivity contribution in [2.75, 3.05) is 17.6 Å². The largest absolute Gasteiger partial charge is 0.462 e. The molecule has 0 spiro atoms. The fraction of sp³-hybridized carbons (Fsp3) is 0.667. The predicted molar refractivity (Wildman–Crippen MR) is 66.0 cm³/mol. The first-order valence-corrected chi connectivity index (χ1v) is 6.81. The summed E-state index contributed by atoms with van der Waals surface area (Å²) >= 11 is 2.79. The lowest BCUT2D eigenvalue weighted by molar-refractivity contribution is -0.144. The Morgan fingerprint density at radius 3 is 2.94 bits per heavy atom. The van der Waals surface area contributed by atoms with Crippen LogP contribution in [0.4, 0.5) is 5.13 Å². The van der Waals surface area contributed by atoms with Crippen molar-refractivity contribution in [3.05, 3.63) is 0 Å². The van der Waals surface area contributed by atoms with E-state index in [-0.39, 0.29) is 17.8 Å². The van der Waals surface area contributed by atoms with E-state index in [1.54, 1.807) is 0 Å². The summed E-state index contributed by atoms with van der Waals surface area (Å²) in [5.41, 5.74) is 0. The van der Waals surface area contributed by atoms with Crippen LogP contribution in [0.15, 0.2) is 4.34 Å². The molecule has 1 rings (SSSR count). The summed E-state index contributed by atoms with van der Waals surface area (Å²) in [6.07, 6.45) is -0.0696. The van der Waals surface area contributed by atoms with Gasteiger partial charge in [-0.15, -0.1) is 10.2 Å². The number of aromatic nitrogens is 2. The van der Waals surface area contributed by atoms with Crippen LogP contribution in [0.25, 0.3) is 0 Å². The molecule has 0 radical (unpaired) electrons. The number of hydrogen-bond donors (Lipinski definition) is 1. The fourth-order valence-electron chi connectivity index (χ4n) is 0.908.